The summed E-state index contributed by atoms with van der Waals surface area (Å²) in [4.78, 5) is 0. The molecule has 0 saturated heterocycles. The van der Waals surface area contributed by atoms with Crippen molar-refractivity contribution in [2.45, 2.75) is 26.6 Å². The third kappa shape index (κ3) is 6.23. The van der Waals surface area contributed by atoms with Gasteiger partial charge in [-0.3, -0.25) is 0 Å². The van der Waals surface area contributed by atoms with E-state index in [2.05, 4.69) is 33.1 Å². The standard InChI is InChI=1S/C7H16OSSi/c1-6-9-7(2)8-10(3,4)5/h2,6H2,1,3-5H3. The van der Waals surface area contributed by atoms with E-state index in [-0.39, 0.29) is 0 Å². The van der Waals surface area contributed by atoms with Crippen LogP contribution >= 0.6 is 11.8 Å². The molecule has 0 aromatic carbocycles. The second-order valence-electron chi connectivity index (χ2n) is 3.02. The zero-order valence-electron chi connectivity index (χ0n) is 7.23. The van der Waals surface area contributed by atoms with Crippen molar-refractivity contribution in [3.8, 4) is 0 Å². The van der Waals surface area contributed by atoms with Crippen LogP contribution in [0.25, 0.3) is 0 Å². The minimum atomic E-state index is -1.38. The van der Waals surface area contributed by atoms with E-state index in [1.54, 1.807) is 11.8 Å². The summed E-state index contributed by atoms with van der Waals surface area (Å²) in [6.07, 6.45) is 0. The van der Waals surface area contributed by atoms with Gasteiger partial charge < -0.3 is 4.43 Å². The fraction of sp³-hybridized carbons (Fsp3) is 0.714. The van der Waals surface area contributed by atoms with Crippen LogP contribution < -0.4 is 0 Å². The molecule has 0 spiro atoms. The molecule has 60 valence electrons. The Bertz CT molecular complexity index is 117. The van der Waals surface area contributed by atoms with E-state index in [1.165, 1.54) is 0 Å². The van der Waals surface area contributed by atoms with Crippen molar-refractivity contribution < 1.29 is 4.43 Å². The molecule has 0 aromatic rings. The first-order valence-corrected chi connectivity index (χ1v) is 7.86. The largest absolute Gasteiger partial charge is 0.540 e. The normalized spacial score (nSPS) is 11.2. The maximum absolute atomic E-state index is 5.59. The topological polar surface area (TPSA) is 9.23 Å². The lowest BCUT2D eigenvalue weighted by molar-refractivity contribution is 0.466. The predicted molar refractivity (Wildman–Crippen MR) is 51.7 cm³/mol. The van der Waals surface area contributed by atoms with E-state index < -0.39 is 8.32 Å². The molecule has 0 bridgehead atoms. The van der Waals surface area contributed by atoms with Crippen LogP contribution in [0.5, 0.6) is 0 Å². The molecule has 0 aliphatic carbocycles. The van der Waals surface area contributed by atoms with Crippen LogP contribution in [0, 0.1) is 0 Å². The third-order valence-electron chi connectivity index (χ3n) is 0.725. The molecular formula is C7H16OSSi. The monoisotopic (exact) mass is 176 g/mol. The SMILES string of the molecule is C=C(O[Si](C)(C)C)SCC. The van der Waals surface area contributed by atoms with Gasteiger partial charge in [0.1, 0.15) is 5.09 Å². The van der Waals surface area contributed by atoms with Gasteiger partial charge in [0.05, 0.1) is 0 Å². The van der Waals surface area contributed by atoms with Gasteiger partial charge >= 0.3 is 0 Å². The molecular weight excluding hydrogens is 160 g/mol. The maximum atomic E-state index is 5.59. The van der Waals surface area contributed by atoms with Crippen LogP contribution in [0.2, 0.25) is 19.6 Å². The summed E-state index contributed by atoms with van der Waals surface area (Å²) in [5.74, 6) is 1.04. The van der Waals surface area contributed by atoms with E-state index >= 15 is 0 Å². The van der Waals surface area contributed by atoms with Crippen LogP contribution in [-0.2, 0) is 4.43 Å². The summed E-state index contributed by atoms with van der Waals surface area (Å²) in [5, 5.41) is 0.877. The first kappa shape index (κ1) is 10.1. The summed E-state index contributed by atoms with van der Waals surface area (Å²) >= 11 is 1.68. The molecule has 0 rings (SSSR count). The quantitative estimate of drug-likeness (QED) is 0.481. The summed E-state index contributed by atoms with van der Waals surface area (Å²) in [7, 11) is -1.38. The van der Waals surface area contributed by atoms with E-state index in [9.17, 15) is 0 Å². The van der Waals surface area contributed by atoms with Crippen LogP contribution in [0.4, 0.5) is 0 Å². The zero-order chi connectivity index (χ0) is 8.20. The van der Waals surface area contributed by atoms with E-state index in [1.807, 2.05) is 0 Å². The summed E-state index contributed by atoms with van der Waals surface area (Å²) in [6.45, 7) is 12.4. The lowest BCUT2D eigenvalue weighted by Crippen LogP contribution is -2.23. The molecule has 0 atom stereocenters. The summed E-state index contributed by atoms with van der Waals surface area (Å²) in [6, 6.07) is 0. The highest BCUT2D eigenvalue weighted by Crippen LogP contribution is 2.18. The molecule has 3 heteroatoms. The van der Waals surface area contributed by atoms with Gasteiger partial charge in [-0.15, -0.1) is 0 Å². The van der Waals surface area contributed by atoms with E-state index in [4.69, 9.17) is 4.43 Å². The van der Waals surface area contributed by atoms with Gasteiger partial charge in [-0.1, -0.05) is 25.3 Å². The minimum Gasteiger partial charge on any atom is -0.540 e. The molecule has 0 aromatic heterocycles. The Morgan fingerprint density at radius 1 is 1.50 bits per heavy atom. The number of thioether (sulfide) groups is 1. The van der Waals surface area contributed by atoms with Crippen molar-refractivity contribution in [1.82, 2.24) is 0 Å². The van der Waals surface area contributed by atoms with Crippen molar-refractivity contribution in [2.24, 2.45) is 0 Å². The molecule has 1 nitrogen and oxygen atoms in total. The van der Waals surface area contributed by atoms with Gasteiger partial charge in [-0.25, -0.2) is 0 Å². The molecule has 0 N–H and O–H groups in total. The molecule has 0 saturated carbocycles. The van der Waals surface area contributed by atoms with Crippen LogP contribution in [0.1, 0.15) is 6.92 Å². The van der Waals surface area contributed by atoms with E-state index in [0.29, 0.717) is 0 Å². The zero-order valence-corrected chi connectivity index (χ0v) is 9.05. The Morgan fingerprint density at radius 3 is 2.30 bits per heavy atom. The summed E-state index contributed by atoms with van der Waals surface area (Å²) in [5.41, 5.74) is 0. The van der Waals surface area contributed by atoms with Crippen molar-refractivity contribution in [2.75, 3.05) is 5.75 Å². The Labute approximate surface area is 69.0 Å². The van der Waals surface area contributed by atoms with Crippen molar-refractivity contribution in [1.29, 1.82) is 0 Å². The lowest BCUT2D eigenvalue weighted by atomic mass is 11.0. The fourth-order valence-electron chi connectivity index (χ4n) is 0.532. The van der Waals surface area contributed by atoms with Gasteiger partial charge in [-0.2, -0.15) is 0 Å². The number of rotatable bonds is 4. The Morgan fingerprint density at radius 2 is 2.00 bits per heavy atom. The first-order chi connectivity index (χ1) is 4.45. The molecule has 0 fully saturated rings. The molecule has 0 aliphatic rings. The smallest absolute Gasteiger partial charge is 0.242 e. The van der Waals surface area contributed by atoms with Crippen molar-refractivity contribution in [3.63, 3.8) is 0 Å². The maximum Gasteiger partial charge on any atom is 0.242 e. The van der Waals surface area contributed by atoms with Crippen molar-refractivity contribution >= 4 is 20.1 Å². The van der Waals surface area contributed by atoms with Crippen molar-refractivity contribution in [3.05, 3.63) is 11.7 Å². The molecule has 0 radical (unpaired) electrons. The van der Waals surface area contributed by atoms with Crippen LogP contribution in [0.3, 0.4) is 0 Å². The third-order valence-corrected chi connectivity index (χ3v) is 2.43. The lowest BCUT2D eigenvalue weighted by Gasteiger charge is -2.19. The fourth-order valence-corrected chi connectivity index (χ4v) is 2.52. The van der Waals surface area contributed by atoms with Gasteiger partial charge in [0, 0.05) is 0 Å². The highest BCUT2D eigenvalue weighted by atomic mass is 32.2. The number of hydrogen-bond donors (Lipinski definition) is 0. The minimum absolute atomic E-state index is 0.877. The molecule has 0 aliphatic heterocycles. The highest BCUT2D eigenvalue weighted by Gasteiger charge is 2.16. The Balaban J connectivity index is 3.58. The number of hydrogen-bond acceptors (Lipinski definition) is 2. The van der Waals surface area contributed by atoms with Gasteiger partial charge in [0.25, 0.3) is 0 Å². The van der Waals surface area contributed by atoms with Crippen LogP contribution in [0.15, 0.2) is 11.7 Å². The van der Waals surface area contributed by atoms with Gasteiger partial charge in [0.2, 0.25) is 8.32 Å². The highest BCUT2D eigenvalue weighted by molar-refractivity contribution is 8.02. The second-order valence-corrected chi connectivity index (χ2v) is 8.77. The Hall–Kier alpha value is 0.107. The second kappa shape index (κ2) is 4.08. The Kier molecular flexibility index (Phi) is 4.13. The average molecular weight is 176 g/mol. The van der Waals surface area contributed by atoms with Gasteiger partial charge in [0.15, 0.2) is 0 Å². The molecule has 10 heavy (non-hydrogen) atoms. The van der Waals surface area contributed by atoms with Gasteiger partial charge in [-0.05, 0) is 25.4 Å². The molecule has 0 amide bonds. The molecule has 0 heterocycles. The summed E-state index contributed by atoms with van der Waals surface area (Å²) < 4.78 is 5.59. The average Bonchev–Trinajstić information content (AvgIpc) is 1.59. The first-order valence-electron chi connectivity index (χ1n) is 3.46. The molecule has 0 unspecified atom stereocenters. The van der Waals surface area contributed by atoms with Crippen LogP contribution in [-0.4, -0.2) is 14.1 Å². The van der Waals surface area contributed by atoms with E-state index in [0.717, 1.165) is 10.8 Å². The predicted octanol–water partition coefficient (Wildman–Crippen LogP) is 3.06.